The Morgan fingerprint density at radius 3 is 1.30 bits per heavy atom. The summed E-state index contributed by atoms with van der Waals surface area (Å²) in [5, 5.41) is 14.2. The molecule has 0 aromatic heterocycles. The summed E-state index contributed by atoms with van der Waals surface area (Å²) in [6.45, 7) is 30.2. The molecule has 4 atom stereocenters. The van der Waals surface area contributed by atoms with Crippen LogP contribution in [0.5, 0.6) is 0 Å². The van der Waals surface area contributed by atoms with Crippen LogP contribution < -0.4 is 21.3 Å². The molecule has 0 bridgehead atoms. The number of amidine groups is 4. The molecule has 12 heteroatoms. The van der Waals surface area contributed by atoms with E-state index < -0.39 is 0 Å². The van der Waals surface area contributed by atoms with E-state index >= 15 is 0 Å². The van der Waals surface area contributed by atoms with Gasteiger partial charge in [-0.25, -0.2) is 8.78 Å². The summed E-state index contributed by atoms with van der Waals surface area (Å²) < 4.78 is 27.1. The molecule has 0 aliphatic carbocycles. The van der Waals surface area contributed by atoms with Crippen LogP contribution in [0.15, 0.2) is 183 Å². The molecular weight excluding hydrogens is 1000 g/mol. The lowest BCUT2D eigenvalue weighted by molar-refractivity contribution is 0.360. The number of rotatable bonds is 6. The Hall–Kier alpha value is -6.62. The van der Waals surface area contributed by atoms with Crippen LogP contribution in [-0.2, 0) is 0 Å². The first-order valence-corrected chi connectivity index (χ1v) is 27.2. The first-order chi connectivity index (χ1) is 36.2. The van der Waals surface area contributed by atoms with E-state index in [-0.39, 0.29) is 57.5 Å². The molecule has 0 spiro atoms. The largest absolute Gasteiger partial charge is 0.350 e. The number of hydrogen-bond donors (Lipinski definition) is 4. The quantitative estimate of drug-likeness (QED) is 0.136. The van der Waals surface area contributed by atoms with E-state index in [0.29, 0.717) is 16.4 Å². The van der Waals surface area contributed by atoms with Crippen molar-refractivity contribution in [1.82, 2.24) is 21.3 Å². The number of halogens is 4. The van der Waals surface area contributed by atoms with Crippen molar-refractivity contribution in [3.05, 3.63) is 208 Å². The minimum atomic E-state index is -0.302. The van der Waals surface area contributed by atoms with Gasteiger partial charge in [0.05, 0.1) is 35.0 Å². The molecule has 4 heterocycles. The molecule has 406 valence electrons. The van der Waals surface area contributed by atoms with Crippen LogP contribution >= 0.6 is 23.2 Å². The second kappa shape index (κ2) is 25.7. The Kier molecular flexibility index (Phi) is 19.9. The summed E-state index contributed by atoms with van der Waals surface area (Å²) in [5.74, 6) is 2.92. The van der Waals surface area contributed by atoms with Gasteiger partial charge in [-0.1, -0.05) is 210 Å². The van der Waals surface area contributed by atoms with E-state index in [0.717, 1.165) is 45.7 Å². The van der Waals surface area contributed by atoms with Crippen molar-refractivity contribution in [1.29, 1.82) is 0 Å². The minimum Gasteiger partial charge on any atom is -0.350 e. The predicted molar refractivity (Wildman–Crippen MR) is 324 cm³/mol. The fourth-order valence-corrected chi connectivity index (χ4v) is 9.61. The number of benzene rings is 5. The van der Waals surface area contributed by atoms with Gasteiger partial charge >= 0.3 is 0 Å². The second-order valence-electron chi connectivity index (χ2n) is 23.8. The zero-order valence-electron chi connectivity index (χ0n) is 47.3. The lowest BCUT2D eigenvalue weighted by Gasteiger charge is -2.33. The van der Waals surface area contributed by atoms with Gasteiger partial charge in [-0.2, -0.15) is 0 Å². The summed E-state index contributed by atoms with van der Waals surface area (Å²) in [6.07, 6.45) is 8.81. The Morgan fingerprint density at radius 1 is 0.416 bits per heavy atom. The number of nitrogens with one attached hydrogen (secondary N) is 4. The highest BCUT2D eigenvalue weighted by Gasteiger charge is 2.34. The third kappa shape index (κ3) is 16.7. The molecule has 0 fully saturated rings. The number of hydrogen-bond acceptors (Lipinski definition) is 8. The molecule has 4 aliphatic heterocycles. The average Bonchev–Trinajstić information content (AvgIpc) is 3.39. The molecule has 9 rings (SSSR count). The number of nitrogens with zero attached hydrogens (tertiary/aromatic N) is 4. The standard InChI is InChI=1S/C20H20F2N2.C16H22N2.C15H20N2.C14H16Cl2N2/c1-20(2,3)18-17(13-6-4-8-15(21)10-13)12-23-19(24-18)14-7-5-9-16(22)11-14;1-5-14-17-11-13(12-9-7-6-8-10-12)15(18-14)16(2,3)4;1-11-16-10-13(12-8-6-5-7-9-12)14(17-11)15(2,3)4;1-14(2,3)12-11(16)8-17-13(18-12)9-5-4-6-10(15)7-9/h4-12,18H,1-3H3,(H,23,24);6-11,15H,5H2,1-4H3,(H,17,18);5-10,14H,1-4H3,(H,16,17);4-8,12H,1-3H3,(H,17,18). The smallest absolute Gasteiger partial charge is 0.133 e. The fraction of sp³-hybridized carbons (Fsp3) is 0.354. The van der Waals surface area contributed by atoms with Crippen molar-refractivity contribution in [3.63, 3.8) is 0 Å². The maximum absolute atomic E-state index is 13.6. The van der Waals surface area contributed by atoms with E-state index in [2.05, 4.69) is 172 Å². The van der Waals surface area contributed by atoms with Crippen LogP contribution in [0.25, 0.3) is 16.7 Å². The van der Waals surface area contributed by atoms with Gasteiger partial charge in [0.2, 0.25) is 0 Å². The van der Waals surface area contributed by atoms with Crippen molar-refractivity contribution in [2.45, 2.75) is 128 Å². The maximum atomic E-state index is 13.6. The van der Waals surface area contributed by atoms with Crippen LogP contribution in [0.3, 0.4) is 0 Å². The van der Waals surface area contributed by atoms with Gasteiger partial charge in [0.1, 0.15) is 29.1 Å². The molecule has 8 nitrogen and oxygen atoms in total. The van der Waals surface area contributed by atoms with Crippen molar-refractivity contribution < 1.29 is 8.78 Å². The maximum Gasteiger partial charge on any atom is 0.133 e. The highest BCUT2D eigenvalue weighted by Crippen LogP contribution is 2.38. The van der Waals surface area contributed by atoms with Crippen LogP contribution in [0.2, 0.25) is 5.02 Å². The summed E-state index contributed by atoms with van der Waals surface area (Å²) >= 11 is 12.2. The lowest BCUT2D eigenvalue weighted by atomic mass is 9.79. The SMILES string of the molecule is CC(C)(C)C1N=C(c2cccc(Cl)c2)NC=C1Cl.CC(C)(C)C1N=C(c2cccc(F)c2)NC=C1c1cccc(F)c1.CC1=NC(C(C)(C)C)C(c2ccccc2)=CN1.CCC1=NC(C(C)(C)C)C(c2ccccc2)=CN1. The van der Waals surface area contributed by atoms with Gasteiger partial charge in [0.25, 0.3) is 0 Å². The molecule has 0 amide bonds. The molecule has 4 N–H and O–H groups in total. The first kappa shape index (κ1) is 59.6. The van der Waals surface area contributed by atoms with E-state index in [9.17, 15) is 8.78 Å². The van der Waals surface area contributed by atoms with Gasteiger partial charge in [0, 0.05) is 64.1 Å². The Morgan fingerprint density at radius 2 is 0.805 bits per heavy atom. The van der Waals surface area contributed by atoms with E-state index in [1.165, 1.54) is 46.5 Å². The molecule has 77 heavy (non-hydrogen) atoms. The van der Waals surface area contributed by atoms with Crippen molar-refractivity contribution >= 4 is 63.3 Å². The summed E-state index contributed by atoms with van der Waals surface area (Å²) in [6, 6.07) is 41.7. The van der Waals surface area contributed by atoms with Crippen LogP contribution in [-0.4, -0.2) is 47.5 Å². The third-order valence-electron chi connectivity index (χ3n) is 13.0. The predicted octanol–water partition coefficient (Wildman–Crippen LogP) is 16.3. The Bertz CT molecular complexity index is 3070. The van der Waals surface area contributed by atoms with E-state index in [1.807, 2.05) is 61.7 Å². The highest BCUT2D eigenvalue weighted by molar-refractivity contribution is 6.31. The van der Waals surface area contributed by atoms with E-state index in [1.54, 1.807) is 18.3 Å². The summed E-state index contributed by atoms with van der Waals surface area (Å²) in [5.41, 5.74) is 8.50. The normalized spacial score (nSPS) is 19.4. The van der Waals surface area contributed by atoms with E-state index in [4.69, 9.17) is 43.2 Å². The molecule has 5 aromatic rings. The van der Waals surface area contributed by atoms with Crippen LogP contribution in [0.4, 0.5) is 8.78 Å². The second-order valence-corrected chi connectivity index (χ2v) is 24.7. The van der Waals surface area contributed by atoms with Gasteiger partial charge in [-0.3, -0.25) is 20.0 Å². The molecule has 0 radical (unpaired) electrons. The zero-order valence-corrected chi connectivity index (χ0v) is 48.8. The van der Waals surface area contributed by atoms with Gasteiger partial charge < -0.3 is 21.3 Å². The van der Waals surface area contributed by atoms with Gasteiger partial charge in [-0.15, -0.1) is 0 Å². The number of aliphatic imine (C=N–C) groups is 4. The Balaban J connectivity index is 0.000000168. The molecule has 4 unspecified atom stereocenters. The molecule has 0 saturated carbocycles. The summed E-state index contributed by atoms with van der Waals surface area (Å²) in [4.78, 5) is 19.1. The van der Waals surface area contributed by atoms with Crippen molar-refractivity contribution in [2.24, 2.45) is 41.6 Å². The molecule has 0 saturated heterocycles. The monoisotopic (exact) mass is 1080 g/mol. The topological polar surface area (TPSA) is 97.6 Å². The minimum absolute atomic E-state index is 0.0144. The molecule has 4 aliphatic rings. The average molecular weight is 1080 g/mol. The Labute approximate surface area is 467 Å². The van der Waals surface area contributed by atoms with Crippen LogP contribution in [0.1, 0.15) is 131 Å². The van der Waals surface area contributed by atoms with Gasteiger partial charge in [-0.05, 0) is 81.7 Å². The lowest BCUT2D eigenvalue weighted by Crippen LogP contribution is -2.35. The van der Waals surface area contributed by atoms with Gasteiger partial charge in [0.15, 0.2) is 0 Å². The highest BCUT2D eigenvalue weighted by atomic mass is 35.5. The summed E-state index contributed by atoms with van der Waals surface area (Å²) in [7, 11) is 0. The zero-order chi connectivity index (χ0) is 56.3. The van der Waals surface area contributed by atoms with Crippen molar-refractivity contribution in [2.75, 3.05) is 0 Å². The van der Waals surface area contributed by atoms with Crippen LogP contribution in [0, 0.1) is 33.3 Å². The first-order valence-electron chi connectivity index (χ1n) is 26.4. The molecule has 5 aromatic carbocycles. The fourth-order valence-electron chi connectivity index (χ4n) is 8.99. The third-order valence-corrected chi connectivity index (χ3v) is 13.5. The van der Waals surface area contributed by atoms with Crippen molar-refractivity contribution in [3.8, 4) is 0 Å². The molecular formula is C65H78Cl2F2N8.